The van der Waals surface area contributed by atoms with Crippen LogP contribution in [0.3, 0.4) is 0 Å². The molecule has 0 aliphatic heterocycles. The van der Waals surface area contributed by atoms with Gasteiger partial charge in [0.25, 0.3) is 0 Å². The van der Waals surface area contributed by atoms with Crippen molar-refractivity contribution >= 4 is 17.3 Å². The van der Waals surface area contributed by atoms with Gasteiger partial charge in [-0.1, -0.05) is 11.6 Å². The second kappa shape index (κ2) is 4.76. The summed E-state index contributed by atoms with van der Waals surface area (Å²) < 4.78 is 16.6. The standard InChI is InChI=1S/C8H7ClFNO3/c9-6-1-2-7(11(12)13)8(5-6)14-4-3-10/h1-2,5H,3-4H2. The van der Waals surface area contributed by atoms with Crippen LogP contribution in [0, 0.1) is 10.1 Å². The second-order valence-corrected chi connectivity index (χ2v) is 2.84. The fourth-order valence-corrected chi connectivity index (χ4v) is 1.07. The maximum absolute atomic E-state index is 11.8. The van der Waals surface area contributed by atoms with E-state index in [1.54, 1.807) is 0 Å². The lowest BCUT2D eigenvalue weighted by atomic mass is 10.3. The molecule has 0 radical (unpaired) electrons. The summed E-state index contributed by atoms with van der Waals surface area (Å²) in [5, 5.41) is 10.8. The first-order chi connectivity index (χ1) is 6.65. The number of hydrogen-bond acceptors (Lipinski definition) is 3. The molecule has 0 amide bonds. The van der Waals surface area contributed by atoms with Crippen molar-refractivity contribution in [2.24, 2.45) is 0 Å². The van der Waals surface area contributed by atoms with E-state index in [1.165, 1.54) is 18.2 Å². The third-order valence-corrected chi connectivity index (χ3v) is 1.69. The molecule has 0 aliphatic carbocycles. The smallest absolute Gasteiger partial charge is 0.311 e. The molecule has 0 aromatic heterocycles. The molecule has 0 bridgehead atoms. The van der Waals surface area contributed by atoms with Crippen molar-refractivity contribution in [1.29, 1.82) is 0 Å². The van der Waals surface area contributed by atoms with Crippen molar-refractivity contribution in [2.45, 2.75) is 0 Å². The van der Waals surface area contributed by atoms with Gasteiger partial charge in [-0.15, -0.1) is 0 Å². The summed E-state index contributed by atoms with van der Waals surface area (Å²) in [6.07, 6.45) is 0. The number of alkyl halides is 1. The minimum absolute atomic E-state index is 0.0137. The lowest BCUT2D eigenvalue weighted by Gasteiger charge is -2.04. The normalized spacial score (nSPS) is 9.86. The molecule has 0 spiro atoms. The third-order valence-electron chi connectivity index (χ3n) is 1.45. The van der Waals surface area contributed by atoms with Gasteiger partial charge in [-0.25, -0.2) is 4.39 Å². The monoisotopic (exact) mass is 219 g/mol. The third kappa shape index (κ3) is 2.56. The molecule has 1 rings (SSSR count). The van der Waals surface area contributed by atoms with Crippen LogP contribution in [-0.4, -0.2) is 18.2 Å². The highest BCUT2D eigenvalue weighted by Crippen LogP contribution is 2.29. The molecule has 0 atom stereocenters. The molecule has 4 nitrogen and oxygen atoms in total. The Morgan fingerprint density at radius 1 is 1.57 bits per heavy atom. The molecular formula is C8H7ClFNO3. The van der Waals surface area contributed by atoms with Gasteiger partial charge in [-0.2, -0.15) is 0 Å². The summed E-state index contributed by atoms with van der Waals surface area (Å²) in [4.78, 5) is 9.88. The van der Waals surface area contributed by atoms with E-state index in [0.717, 1.165) is 0 Å². The van der Waals surface area contributed by atoms with E-state index in [0.29, 0.717) is 5.02 Å². The van der Waals surface area contributed by atoms with Crippen LogP contribution >= 0.6 is 11.6 Å². The molecule has 0 fully saturated rings. The SMILES string of the molecule is O=[N+]([O-])c1ccc(Cl)cc1OCCF. The number of nitrogens with zero attached hydrogens (tertiary/aromatic N) is 1. The number of nitro groups is 1. The lowest BCUT2D eigenvalue weighted by Crippen LogP contribution is -2.01. The molecule has 0 unspecified atom stereocenters. The summed E-state index contributed by atoms with van der Waals surface area (Å²) in [6.45, 7) is -0.926. The molecule has 0 saturated carbocycles. The molecule has 6 heteroatoms. The zero-order valence-corrected chi connectivity index (χ0v) is 7.83. The van der Waals surface area contributed by atoms with E-state index < -0.39 is 11.6 Å². The van der Waals surface area contributed by atoms with Gasteiger partial charge in [0.15, 0.2) is 5.75 Å². The van der Waals surface area contributed by atoms with Gasteiger partial charge in [0.05, 0.1) is 4.92 Å². The summed E-state index contributed by atoms with van der Waals surface area (Å²) in [5.74, 6) is -0.0137. The van der Waals surface area contributed by atoms with Crippen LogP contribution in [0.2, 0.25) is 5.02 Å². The van der Waals surface area contributed by atoms with Gasteiger partial charge in [-0.05, 0) is 6.07 Å². The molecule has 0 saturated heterocycles. The first-order valence-corrected chi connectivity index (χ1v) is 4.15. The number of ether oxygens (including phenoxy) is 1. The van der Waals surface area contributed by atoms with Crippen molar-refractivity contribution in [3.05, 3.63) is 33.3 Å². The largest absolute Gasteiger partial charge is 0.484 e. The lowest BCUT2D eigenvalue weighted by molar-refractivity contribution is -0.385. The van der Waals surface area contributed by atoms with Crippen LogP contribution in [0.15, 0.2) is 18.2 Å². The maximum Gasteiger partial charge on any atom is 0.311 e. The maximum atomic E-state index is 11.8. The van der Waals surface area contributed by atoms with Crippen LogP contribution in [0.1, 0.15) is 0 Å². The molecule has 76 valence electrons. The fourth-order valence-electron chi connectivity index (χ4n) is 0.903. The highest BCUT2D eigenvalue weighted by molar-refractivity contribution is 6.30. The molecular weight excluding hydrogens is 213 g/mol. The second-order valence-electron chi connectivity index (χ2n) is 2.41. The summed E-state index contributed by atoms with van der Waals surface area (Å²) in [5.41, 5.74) is -0.220. The van der Waals surface area contributed by atoms with Crippen molar-refractivity contribution in [3.63, 3.8) is 0 Å². The minimum Gasteiger partial charge on any atom is -0.484 e. The molecule has 1 aromatic rings. The Morgan fingerprint density at radius 2 is 2.29 bits per heavy atom. The summed E-state index contributed by atoms with van der Waals surface area (Å²) in [7, 11) is 0. The first-order valence-electron chi connectivity index (χ1n) is 3.78. The average molecular weight is 220 g/mol. The number of rotatable bonds is 4. The van der Waals surface area contributed by atoms with Gasteiger partial charge in [0.1, 0.15) is 13.3 Å². The van der Waals surface area contributed by atoms with Gasteiger partial charge in [0.2, 0.25) is 0 Å². The molecule has 14 heavy (non-hydrogen) atoms. The Hall–Kier alpha value is -1.36. The van der Waals surface area contributed by atoms with Crippen LogP contribution in [0.25, 0.3) is 0 Å². The number of halogens is 2. The Labute approximate surface area is 84.4 Å². The fraction of sp³-hybridized carbons (Fsp3) is 0.250. The first kappa shape index (κ1) is 10.7. The topological polar surface area (TPSA) is 52.4 Å². The van der Waals surface area contributed by atoms with Crippen molar-refractivity contribution < 1.29 is 14.1 Å². The van der Waals surface area contributed by atoms with E-state index in [-0.39, 0.29) is 18.0 Å². The van der Waals surface area contributed by atoms with E-state index in [4.69, 9.17) is 16.3 Å². The summed E-state index contributed by atoms with van der Waals surface area (Å²) in [6, 6.07) is 3.88. The van der Waals surface area contributed by atoms with Crippen LogP contribution < -0.4 is 4.74 Å². The van der Waals surface area contributed by atoms with Gasteiger partial charge in [-0.3, -0.25) is 10.1 Å². The minimum atomic E-state index is -0.705. The quantitative estimate of drug-likeness (QED) is 0.578. The van der Waals surface area contributed by atoms with Crippen LogP contribution in [0.5, 0.6) is 5.75 Å². The molecule has 0 heterocycles. The number of benzene rings is 1. The molecule has 1 aromatic carbocycles. The van der Waals surface area contributed by atoms with Crippen molar-refractivity contribution in [1.82, 2.24) is 0 Å². The Balaban J connectivity index is 2.97. The Bertz CT molecular complexity index is 345. The average Bonchev–Trinajstić information content (AvgIpc) is 2.14. The number of hydrogen-bond donors (Lipinski definition) is 0. The Morgan fingerprint density at radius 3 is 2.86 bits per heavy atom. The predicted octanol–water partition coefficient (Wildman–Crippen LogP) is 2.60. The highest BCUT2D eigenvalue weighted by atomic mass is 35.5. The summed E-state index contributed by atoms with van der Waals surface area (Å²) >= 11 is 5.60. The van der Waals surface area contributed by atoms with Gasteiger partial charge < -0.3 is 4.74 Å². The van der Waals surface area contributed by atoms with Crippen LogP contribution in [0.4, 0.5) is 10.1 Å². The van der Waals surface area contributed by atoms with E-state index >= 15 is 0 Å². The molecule has 0 aliphatic rings. The zero-order valence-electron chi connectivity index (χ0n) is 7.07. The van der Waals surface area contributed by atoms with E-state index in [1.807, 2.05) is 0 Å². The van der Waals surface area contributed by atoms with Crippen molar-refractivity contribution in [3.8, 4) is 5.75 Å². The predicted molar refractivity (Wildman–Crippen MR) is 49.6 cm³/mol. The van der Waals surface area contributed by atoms with E-state index in [2.05, 4.69) is 0 Å². The van der Waals surface area contributed by atoms with Crippen LogP contribution in [-0.2, 0) is 0 Å². The zero-order chi connectivity index (χ0) is 10.6. The molecule has 0 N–H and O–H groups in total. The van der Waals surface area contributed by atoms with Gasteiger partial charge in [0, 0.05) is 17.2 Å². The Kier molecular flexibility index (Phi) is 3.64. The van der Waals surface area contributed by atoms with E-state index in [9.17, 15) is 14.5 Å². The van der Waals surface area contributed by atoms with Crippen molar-refractivity contribution in [2.75, 3.05) is 13.3 Å². The number of nitro benzene ring substituents is 1. The highest BCUT2D eigenvalue weighted by Gasteiger charge is 2.14. The van der Waals surface area contributed by atoms with Gasteiger partial charge >= 0.3 is 5.69 Å².